The van der Waals surface area contributed by atoms with E-state index in [2.05, 4.69) is 63.7 Å². The molecule has 21 heavy (non-hydrogen) atoms. The van der Waals surface area contributed by atoms with Crippen LogP contribution in [0.25, 0.3) is 4.96 Å². The third-order valence-corrected chi connectivity index (χ3v) is 4.68. The van der Waals surface area contributed by atoms with Crippen LogP contribution in [-0.4, -0.2) is 22.5 Å². The highest BCUT2D eigenvalue weighted by Gasteiger charge is 2.11. The number of thiazole rings is 1. The number of aryl methyl sites for hydroxylation is 2. The molecule has 1 aromatic carbocycles. The topological polar surface area (TPSA) is 29.3 Å². The van der Waals surface area contributed by atoms with Crippen LogP contribution >= 0.6 is 11.3 Å². The first-order chi connectivity index (χ1) is 10.2. The summed E-state index contributed by atoms with van der Waals surface area (Å²) in [6.45, 7) is 2.13. The van der Waals surface area contributed by atoms with E-state index >= 15 is 0 Å². The summed E-state index contributed by atoms with van der Waals surface area (Å²) >= 11 is 1.69. The van der Waals surface area contributed by atoms with E-state index in [0.29, 0.717) is 6.04 Å². The predicted molar refractivity (Wildman–Crippen MR) is 89.1 cm³/mol. The van der Waals surface area contributed by atoms with Gasteiger partial charge in [-0.2, -0.15) is 0 Å². The van der Waals surface area contributed by atoms with Gasteiger partial charge in [-0.15, -0.1) is 11.3 Å². The van der Waals surface area contributed by atoms with Gasteiger partial charge < -0.3 is 5.32 Å². The van der Waals surface area contributed by atoms with Gasteiger partial charge in [-0.1, -0.05) is 29.8 Å². The molecule has 0 amide bonds. The molecular weight excluding hydrogens is 278 g/mol. The molecule has 3 rings (SSSR count). The molecule has 1 unspecified atom stereocenters. The second kappa shape index (κ2) is 6.41. The second-order valence-corrected chi connectivity index (χ2v) is 6.41. The number of imidazole rings is 1. The van der Waals surface area contributed by atoms with Crippen LogP contribution in [0.3, 0.4) is 0 Å². The third kappa shape index (κ3) is 3.52. The van der Waals surface area contributed by atoms with E-state index in [4.69, 9.17) is 0 Å². The summed E-state index contributed by atoms with van der Waals surface area (Å²) in [7, 11) is 2.04. The molecule has 1 N–H and O–H groups in total. The lowest BCUT2D eigenvalue weighted by Gasteiger charge is -2.14. The maximum atomic E-state index is 4.67. The minimum atomic E-state index is 0.468. The van der Waals surface area contributed by atoms with E-state index in [0.717, 1.165) is 24.2 Å². The number of hydrogen-bond donors (Lipinski definition) is 1. The fourth-order valence-corrected chi connectivity index (χ4v) is 3.29. The van der Waals surface area contributed by atoms with E-state index in [-0.39, 0.29) is 0 Å². The van der Waals surface area contributed by atoms with Gasteiger partial charge in [0.2, 0.25) is 0 Å². The van der Waals surface area contributed by atoms with Crippen LogP contribution in [0.4, 0.5) is 0 Å². The van der Waals surface area contributed by atoms with Crippen LogP contribution in [0, 0.1) is 6.92 Å². The standard InChI is InChI=1S/C17H21N3S/c1-13-3-5-14(6-4-13)7-8-15(18-2)11-16-12-20-9-10-21-17(20)19-16/h3-6,9-10,12,15,18H,7-8,11H2,1-2H3. The number of nitrogens with zero attached hydrogens (tertiary/aromatic N) is 2. The maximum absolute atomic E-state index is 4.67. The minimum Gasteiger partial charge on any atom is -0.317 e. The lowest BCUT2D eigenvalue weighted by molar-refractivity contribution is 0.516. The molecule has 2 aromatic heterocycles. The van der Waals surface area contributed by atoms with Crippen LogP contribution in [-0.2, 0) is 12.8 Å². The fraction of sp³-hybridized carbons (Fsp3) is 0.353. The van der Waals surface area contributed by atoms with Crippen molar-refractivity contribution in [2.75, 3.05) is 7.05 Å². The first kappa shape index (κ1) is 14.3. The van der Waals surface area contributed by atoms with Crippen LogP contribution in [0.5, 0.6) is 0 Å². The molecule has 1 atom stereocenters. The number of fused-ring (bicyclic) bond motifs is 1. The average Bonchev–Trinajstić information content (AvgIpc) is 3.06. The summed E-state index contributed by atoms with van der Waals surface area (Å²) in [5, 5.41) is 5.49. The molecule has 0 radical (unpaired) electrons. The number of hydrogen-bond acceptors (Lipinski definition) is 3. The molecule has 0 saturated heterocycles. The van der Waals surface area contributed by atoms with E-state index in [1.165, 1.54) is 16.8 Å². The van der Waals surface area contributed by atoms with Gasteiger partial charge in [0.15, 0.2) is 4.96 Å². The lowest BCUT2D eigenvalue weighted by Crippen LogP contribution is -2.28. The highest BCUT2D eigenvalue weighted by atomic mass is 32.1. The largest absolute Gasteiger partial charge is 0.317 e. The summed E-state index contributed by atoms with van der Waals surface area (Å²) in [5.74, 6) is 0. The summed E-state index contributed by atoms with van der Waals surface area (Å²) in [6.07, 6.45) is 7.43. The van der Waals surface area contributed by atoms with Crippen molar-refractivity contribution < 1.29 is 0 Å². The van der Waals surface area contributed by atoms with E-state index in [1.807, 2.05) is 7.05 Å². The van der Waals surface area contributed by atoms with Gasteiger partial charge in [0, 0.05) is 30.2 Å². The van der Waals surface area contributed by atoms with Crippen molar-refractivity contribution in [3.05, 3.63) is 58.9 Å². The lowest BCUT2D eigenvalue weighted by atomic mass is 10.0. The molecular formula is C17H21N3S. The molecule has 0 spiro atoms. The Morgan fingerprint density at radius 2 is 2.10 bits per heavy atom. The van der Waals surface area contributed by atoms with Crippen LogP contribution < -0.4 is 5.32 Å². The Hall–Kier alpha value is -1.65. The van der Waals surface area contributed by atoms with Crippen molar-refractivity contribution in [2.45, 2.75) is 32.2 Å². The molecule has 4 heteroatoms. The van der Waals surface area contributed by atoms with Crippen molar-refractivity contribution in [2.24, 2.45) is 0 Å². The first-order valence-electron chi connectivity index (χ1n) is 7.38. The third-order valence-electron chi connectivity index (χ3n) is 3.91. The molecule has 0 aliphatic heterocycles. The minimum absolute atomic E-state index is 0.468. The quantitative estimate of drug-likeness (QED) is 0.755. The first-order valence-corrected chi connectivity index (χ1v) is 8.26. The molecule has 3 aromatic rings. The number of rotatable bonds is 6. The Labute approximate surface area is 129 Å². The molecule has 0 aliphatic carbocycles. The fourth-order valence-electron chi connectivity index (χ4n) is 2.57. The van der Waals surface area contributed by atoms with Gasteiger partial charge in [0.05, 0.1) is 5.69 Å². The van der Waals surface area contributed by atoms with Gasteiger partial charge in [-0.3, -0.25) is 4.40 Å². The second-order valence-electron chi connectivity index (χ2n) is 5.54. The molecule has 0 fully saturated rings. The highest BCUT2D eigenvalue weighted by molar-refractivity contribution is 7.15. The molecule has 0 bridgehead atoms. The zero-order valence-corrected chi connectivity index (χ0v) is 13.4. The number of aromatic nitrogens is 2. The monoisotopic (exact) mass is 299 g/mol. The van der Waals surface area contributed by atoms with Gasteiger partial charge in [0.1, 0.15) is 0 Å². The number of benzene rings is 1. The van der Waals surface area contributed by atoms with Crippen molar-refractivity contribution in [3.63, 3.8) is 0 Å². The Kier molecular flexibility index (Phi) is 4.36. The summed E-state index contributed by atoms with van der Waals surface area (Å²) in [5.41, 5.74) is 3.90. The molecule has 2 heterocycles. The normalized spacial score (nSPS) is 12.9. The molecule has 0 saturated carbocycles. The highest BCUT2D eigenvalue weighted by Crippen LogP contribution is 2.14. The zero-order valence-electron chi connectivity index (χ0n) is 12.5. The van der Waals surface area contributed by atoms with Crippen molar-refractivity contribution in [1.82, 2.24) is 14.7 Å². The predicted octanol–water partition coefficient (Wildman–Crippen LogP) is 3.47. The Bertz CT molecular complexity index is 668. The average molecular weight is 299 g/mol. The van der Waals surface area contributed by atoms with Crippen LogP contribution in [0.2, 0.25) is 0 Å². The summed E-state index contributed by atoms with van der Waals surface area (Å²) in [4.78, 5) is 5.75. The van der Waals surface area contributed by atoms with Crippen LogP contribution in [0.1, 0.15) is 23.2 Å². The number of likely N-dealkylation sites (N-methyl/N-ethyl adjacent to an activating group) is 1. The van der Waals surface area contributed by atoms with Crippen molar-refractivity contribution in [3.8, 4) is 0 Å². The Balaban J connectivity index is 1.59. The van der Waals surface area contributed by atoms with Crippen molar-refractivity contribution in [1.29, 1.82) is 0 Å². The number of nitrogens with one attached hydrogen (secondary N) is 1. The Morgan fingerprint density at radius 1 is 1.29 bits per heavy atom. The van der Waals surface area contributed by atoms with Gasteiger partial charge in [0.25, 0.3) is 0 Å². The molecule has 0 aliphatic rings. The molecule has 110 valence electrons. The Morgan fingerprint density at radius 3 is 2.81 bits per heavy atom. The van der Waals surface area contributed by atoms with Crippen LogP contribution in [0.15, 0.2) is 42.0 Å². The van der Waals surface area contributed by atoms with E-state index < -0.39 is 0 Å². The van der Waals surface area contributed by atoms with Gasteiger partial charge in [-0.25, -0.2) is 4.98 Å². The maximum Gasteiger partial charge on any atom is 0.193 e. The van der Waals surface area contributed by atoms with Gasteiger partial charge >= 0.3 is 0 Å². The van der Waals surface area contributed by atoms with E-state index in [9.17, 15) is 0 Å². The van der Waals surface area contributed by atoms with Crippen molar-refractivity contribution >= 4 is 16.3 Å². The SMILES string of the molecule is CNC(CCc1ccc(C)cc1)Cc1cn2ccsc2n1. The smallest absolute Gasteiger partial charge is 0.193 e. The summed E-state index contributed by atoms with van der Waals surface area (Å²) < 4.78 is 2.10. The van der Waals surface area contributed by atoms with Gasteiger partial charge in [-0.05, 0) is 32.4 Å². The zero-order chi connectivity index (χ0) is 14.7. The molecule has 3 nitrogen and oxygen atoms in total. The summed E-state index contributed by atoms with van der Waals surface area (Å²) in [6, 6.07) is 9.31. The van der Waals surface area contributed by atoms with E-state index in [1.54, 1.807) is 11.3 Å².